The Bertz CT molecular complexity index is 2650. The summed E-state index contributed by atoms with van der Waals surface area (Å²) >= 11 is 0. The molecule has 4 heteroatoms. The average molecular weight is 818 g/mol. The van der Waals surface area contributed by atoms with Crippen molar-refractivity contribution in [2.45, 2.75) is 112 Å². The number of rotatable bonds is 10. The highest BCUT2D eigenvalue weighted by atomic mass is 16.7. The van der Waals surface area contributed by atoms with Gasteiger partial charge in [-0.1, -0.05) is 175 Å². The minimum Gasteiger partial charge on any atom is -0.399 e. The van der Waals surface area contributed by atoms with Gasteiger partial charge in [-0.2, -0.15) is 0 Å². The first-order chi connectivity index (χ1) is 29.6. The van der Waals surface area contributed by atoms with Crippen molar-refractivity contribution in [2.75, 3.05) is 4.90 Å². The van der Waals surface area contributed by atoms with E-state index in [-0.39, 0.29) is 10.8 Å². The van der Waals surface area contributed by atoms with E-state index in [1.54, 1.807) is 0 Å². The largest absolute Gasteiger partial charge is 0.494 e. The number of nitrogens with zero attached hydrogens (tertiary/aromatic N) is 1. The number of allylic oxidation sites excluding steroid dienone is 10. The average Bonchev–Trinajstić information content (AvgIpc) is 3.65. The van der Waals surface area contributed by atoms with E-state index in [4.69, 9.17) is 9.31 Å². The van der Waals surface area contributed by atoms with Gasteiger partial charge in [0.2, 0.25) is 0 Å². The van der Waals surface area contributed by atoms with Gasteiger partial charge in [0.05, 0.1) is 16.9 Å². The molecular weight excluding hydrogens is 753 g/mol. The van der Waals surface area contributed by atoms with Gasteiger partial charge in [0.15, 0.2) is 0 Å². The molecule has 5 aromatic carbocycles. The molecule has 0 spiro atoms. The Hall–Kier alpha value is -5.42. The molecule has 0 bridgehead atoms. The maximum atomic E-state index is 6.45. The van der Waals surface area contributed by atoms with Crippen LogP contribution in [0.3, 0.4) is 0 Å². The van der Waals surface area contributed by atoms with Crippen LogP contribution in [0.25, 0.3) is 33.4 Å². The molecule has 1 aliphatic heterocycles. The zero-order chi connectivity index (χ0) is 44.0. The van der Waals surface area contributed by atoms with E-state index in [9.17, 15) is 0 Å². The molecule has 62 heavy (non-hydrogen) atoms. The maximum absolute atomic E-state index is 6.45. The van der Waals surface area contributed by atoms with Gasteiger partial charge in [0.1, 0.15) is 0 Å². The summed E-state index contributed by atoms with van der Waals surface area (Å²) in [5.74, 6) is 0. The molecule has 0 aromatic heterocycles. The highest BCUT2D eigenvalue weighted by molar-refractivity contribution is 6.62. The zero-order valence-corrected chi connectivity index (χ0v) is 38.9. The Balaban J connectivity index is 1.29. The molecule has 5 aromatic rings. The zero-order valence-electron chi connectivity index (χ0n) is 38.9. The second-order valence-corrected chi connectivity index (χ2v) is 19.4. The fourth-order valence-electron chi connectivity index (χ4n) is 9.53. The van der Waals surface area contributed by atoms with Crippen LogP contribution < -0.4 is 10.4 Å². The van der Waals surface area contributed by atoms with E-state index in [0.717, 1.165) is 41.5 Å². The van der Waals surface area contributed by atoms with Crippen molar-refractivity contribution < 1.29 is 9.31 Å². The standard InChI is InChI=1S/C58H64BNO2/c1-12-23-41-25-16-14-15-24-40(3)55(4,5)52(41)39-47(13-2)60(53-35-22-34-51-54(53)49-32-17-18-33-50(49)56(51,6)7)48-31-21-29-45(38-48)43-27-19-26-42(36-43)44-28-20-30-46(37-44)59-61-57(8,9)58(10,11)62-59/h14-22,24-39H,12-13,23H2,1-11H3/b15-14-,25-16+,40-24+,47-39+,52-41-. The van der Waals surface area contributed by atoms with Crippen LogP contribution in [0, 0.1) is 5.41 Å². The molecule has 0 saturated carbocycles. The van der Waals surface area contributed by atoms with Crippen LogP contribution >= 0.6 is 0 Å². The lowest BCUT2D eigenvalue weighted by atomic mass is 9.74. The van der Waals surface area contributed by atoms with Crippen LogP contribution in [0.1, 0.15) is 107 Å². The Labute approximate surface area is 372 Å². The van der Waals surface area contributed by atoms with Crippen molar-refractivity contribution in [1.82, 2.24) is 0 Å². The number of hydrogen-bond donors (Lipinski definition) is 0. The molecular formula is C58H64BNO2. The van der Waals surface area contributed by atoms with Crippen molar-refractivity contribution in [1.29, 1.82) is 0 Å². The maximum Gasteiger partial charge on any atom is 0.494 e. The summed E-state index contributed by atoms with van der Waals surface area (Å²) in [5, 5.41) is 0. The first-order valence-electron chi connectivity index (χ1n) is 22.7. The smallest absolute Gasteiger partial charge is 0.399 e. The fourth-order valence-corrected chi connectivity index (χ4v) is 9.53. The van der Waals surface area contributed by atoms with Gasteiger partial charge < -0.3 is 14.2 Å². The minimum atomic E-state index is -0.414. The second kappa shape index (κ2) is 16.7. The molecule has 0 radical (unpaired) electrons. The molecule has 316 valence electrons. The van der Waals surface area contributed by atoms with Gasteiger partial charge in [-0.3, -0.25) is 0 Å². The van der Waals surface area contributed by atoms with Gasteiger partial charge >= 0.3 is 7.12 Å². The lowest BCUT2D eigenvalue weighted by molar-refractivity contribution is 0.00578. The number of hydrogen-bond acceptors (Lipinski definition) is 3. The molecule has 3 nitrogen and oxygen atoms in total. The van der Waals surface area contributed by atoms with Crippen molar-refractivity contribution in [3.8, 4) is 33.4 Å². The topological polar surface area (TPSA) is 21.7 Å². The second-order valence-electron chi connectivity index (χ2n) is 19.4. The van der Waals surface area contributed by atoms with Crippen molar-refractivity contribution in [2.24, 2.45) is 5.41 Å². The number of benzene rings is 5. The molecule has 1 fully saturated rings. The van der Waals surface area contributed by atoms with Crippen LogP contribution in [0.2, 0.25) is 0 Å². The van der Waals surface area contributed by atoms with E-state index < -0.39 is 18.3 Å². The molecule has 2 aliphatic carbocycles. The normalized spacial score (nSPS) is 21.5. The monoisotopic (exact) mass is 818 g/mol. The summed E-state index contributed by atoms with van der Waals surface area (Å²) < 4.78 is 12.9. The van der Waals surface area contributed by atoms with Crippen molar-refractivity contribution >= 4 is 24.0 Å². The minimum absolute atomic E-state index is 0.123. The summed E-state index contributed by atoms with van der Waals surface area (Å²) in [6, 6.07) is 42.7. The SMILES string of the molecule is CCCC1=C(\C=C(/CC)N(c2cccc(-c3cccc(-c4cccc(B5OC(C)(C)C(C)(C)O5)c4)c3)c2)c2cccc3c2-c2ccccc2C3(C)C)C(C)(C)/C(C)=C/C=C\C=C\1. The highest BCUT2D eigenvalue weighted by Crippen LogP contribution is 2.54. The number of fused-ring (bicyclic) bond motifs is 3. The van der Waals surface area contributed by atoms with Crippen molar-refractivity contribution in [3.63, 3.8) is 0 Å². The van der Waals surface area contributed by atoms with Crippen LogP contribution in [0.5, 0.6) is 0 Å². The predicted octanol–water partition coefficient (Wildman–Crippen LogP) is 15.3. The molecule has 0 unspecified atom stereocenters. The van der Waals surface area contributed by atoms with Gasteiger partial charge in [-0.15, -0.1) is 0 Å². The third-order valence-corrected chi connectivity index (χ3v) is 14.2. The van der Waals surface area contributed by atoms with E-state index in [1.165, 1.54) is 61.5 Å². The van der Waals surface area contributed by atoms with Crippen molar-refractivity contribution in [3.05, 3.63) is 185 Å². The fraction of sp³-hybridized carbons (Fsp3) is 0.310. The third kappa shape index (κ3) is 7.82. The summed E-state index contributed by atoms with van der Waals surface area (Å²) in [6.45, 7) is 24.8. The molecule has 0 amide bonds. The lowest BCUT2D eigenvalue weighted by Crippen LogP contribution is -2.41. The van der Waals surface area contributed by atoms with Crippen LogP contribution in [0.4, 0.5) is 11.4 Å². The van der Waals surface area contributed by atoms with E-state index in [0.29, 0.717) is 0 Å². The van der Waals surface area contributed by atoms with E-state index in [1.807, 2.05) is 0 Å². The predicted molar refractivity (Wildman–Crippen MR) is 265 cm³/mol. The van der Waals surface area contributed by atoms with E-state index >= 15 is 0 Å². The number of anilines is 2. The Morgan fingerprint density at radius 1 is 0.629 bits per heavy atom. The summed E-state index contributed by atoms with van der Waals surface area (Å²) in [7, 11) is -0.414. The molecule has 0 N–H and O–H groups in total. The molecule has 8 rings (SSSR count). The van der Waals surface area contributed by atoms with E-state index in [2.05, 4.69) is 233 Å². The molecule has 3 aliphatic rings. The Morgan fingerprint density at radius 2 is 1.24 bits per heavy atom. The van der Waals surface area contributed by atoms with Crippen LogP contribution in [0.15, 0.2) is 174 Å². The van der Waals surface area contributed by atoms with Gasteiger partial charge in [-0.05, 0) is 133 Å². The van der Waals surface area contributed by atoms with Crippen LogP contribution in [-0.4, -0.2) is 18.3 Å². The van der Waals surface area contributed by atoms with Gasteiger partial charge in [-0.25, -0.2) is 0 Å². The summed E-state index contributed by atoms with van der Waals surface area (Å²) in [6.07, 6.45) is 16.6. The molecule has 1 saturated heterocycles. The third-order valence-electron chi connectivity index (χ3n) is 14.2. The summed E-state index contributed by atoms with van der Waals surface area (Å²) in [4.78, 5) is 2.57. The first-order valence-corrected chi connectivity index (χ1v) is 22.7. The van der Waals surface area contributed by atoms with Gasteiger partial charge in [0.25, 0.3) is 0 Å². The quantitative estimate of drug-likeness (QED) is 0.131. The first kappa shape index (κ1) is 43.2. The summed E-state index contributed by atoms with van der Waals surface area (Å²) in [5.41, 5.74) is 17.6. The molecule has 1 heterocycles. The lowest BCUT2D eigenvalue weighted by Gasteiger charge is -2.34. The highest BCUT2D eigenvalue weighted by Gasteiger charge is 2.51. The molecule has 0 atom stereocenters. The Morgan fingerprint density at radius 3 is 1.94 bits per heavy atom. The van der Waals surface area contributed by atoms with Crippen LogP contribution in [-0.2, 0) is 14.7 Å². The van der Waals surface area contributed by atoms with Gasteiger partial charge in [0, 0.05) is 27.8 Å². The Kier molecular flexibility index (Phi) is 11.6.